The zero-order valence-corrected chi connectivity index (χ0v) is 39.6. The zero-order valence-electron chi connectivity index (χ0n) is 38.8. The maximum atomic E-state index is 13.1. The number of unbranched alkanes of at least 4 members (excludes halogenated alkanes) is 1. The van der Waals surface area contributed by atoms with Gasteiger partial charge in [-0.2, -0.15) is 4.58 Å². The Balaban J connectivity index is 0.973. The van der Waals surface area contributed by atoms with E-state index in [9.17, 15) is 27.4 Å². The van der Waals surface area contributed by atoms with Crippen molar-refractivity contribution in [3.63, 3.8) is 0 Å². The first-order valence-corrected chi connectivity index (χ1v) is 24.4. The smallest absolute Gasteiger partial charge is 0.227 e. The zero-order chi connectivity index (χ0) is 47.2. The molecular weight excluding hydrogens is 845 g/mol. The summed E-state index contributed by atoms with van der Waals surface area (Å²) in [5, 5.41) is 8.22. The summed E-state index contributed by atoms with van der Waals surface area (Å²) in [5.74, 6) is -1.26. The fraction of sp³-hybridized carbons (Fsp3) is 0.309. The Labute approximate surface area is 389 Å². The molecule has 0 saturated heterocycles. The summed E-state index contributed by atoms with van der Waals surface area (Å²) >= 11 is 0. The number of fused-ring (bicyclic) bond motifs is 4. The average Bonchev–Trinajstić information content (AvgIpc) is 3.65. The summed E-state index contributed by atoms with van der Waals surface area (Å²) in [6, 6.07) is 35.1. The molecule has 10 nitrogen and oxygen atoms in total. The van der Waals surface area contributed by atoms with E-state index < -0.39 is 16.0 Å². The lowest BCUT2D eigenvalue weighted by molar-refractivity contribution is -0.438. The van der Waals surface area contributed by atoms with Gasteiger partial charge in [0.05, 0.1) is 27.9 Å². The van der Waals surface area contributed by atoms with Crippen molar-refractivity contribution in [3.8, 4) is 0 Å². The summed E-state index contributed by atoms with van der Waals surface area (Å²) in [5.41, 5.74) is 8.95. The molecule has 0 aliphatic carbocycles. The number of allylic oxidation sites excluding steroid dienone is 6. The third-order valence-corrected chi connectivity index (χ3v) is 13.8. The molecule has 0 saturated carbocycles. The van der Waals surface area contributed by atoms with Crippen LogP contribution in [-0.2, 0) is 37.0 Å². The van der Waals surface area contributed by atoms with Gasteiger partial charge in [0.15, 0.2) is 11.5 Å². The van der Waals surface area contributed by atoms with Gasteiger partial charge in [-0.15, -0.1) is 0 Å². The number of carbonyl (C=O) groups is 3. The van der Waals surface area contributed by atoms with E-state index in [4.69, 9.17) is 0 Å². The van der Waals surface area contributed by atoms with Gasteiger partial charge < -0.3 is 20.1 Å². The first-order chi connectivity index (χ1) is 31.5. The SMILES string of the molecule is CCN1/C(=C/C=C/C=C/C2=[N+](CCCCS(=O)(=O)[O-])c3ccc4ccccc4c3C2(C)C)C(C)(C)c2cc(CC(=O)NCCNC(=O)[C@@H](C)c3cccc(C(=O)c4ccccc4)c3)ccc21. The number of hydrogen-bond donors (Lipinski definition) is 2. The van der Waals surface area contributed by atoms with Crippen molar-refractivity contribution in [2.45, 2.75) is 77.6 Å². The van der Waals surface area contributed by atoms with Crippen LogP contribution < -0.4 is 15.5 Å². The Hall–Kier alpha value is -6.43. The summed E-state index contributed by atoms with van der Waals surface area (Å²) < 4.78 is 36.3. The highest BCUT2D eigenvalue weighted by Crippen LogP contribution is 2.48. The Morgan fingerprint density at radius 3 is 2.27 bits per heavy atom. The standard InChI is InChI=1S/C55H60N4O6S/c1-7-58-46-29-27-39(36-50(60)56-31-32-57-53(62)38(2)42-22-18-23-43(37-42)52(61)41-20-10-8-11-21-41)35-45(46)54(3,4)48(58)25-12-9-13-26-49-55(5,6)51-44-24-15-14-19-40(44)28-30-47(51)59(49)33-16-17-34-66(63,64)65/h8-15,18-30,35,37-38H,7,16-17,31-34,36H2,1-6H3,(H2-,56,57,60,62,63,64,65)/t38-/m0/s1. The average molecular weight is 905 g/mol. The van der Waals surface area contributed by atoms with Crippen molar-refractivity contribution in [1.82, 2.24) is 10.6 Å². The Morgan fingerprint density at radius 2 is 1.52 bits per heavy atom. The molecule has 2 N–H and O–H groups in total. The minimum Gasteiger partial charge on any atom is -0.748 e. The van der Waals surface area contributed by atoms with Gasteiger partial charge in [0.25, 0.3) is 0 Å². The molecule has 0 radical (unpaired) electrons. The Kier molecular flexibility index (Phi) is 14.4. The highest BCUT2D eigenvalue weighted by molar-refractivity contribution is 7.85. The number of carbonyl (C=O) groups excluding carboxylic acids is 3. The van der Waals surface area contributed by atoms with Crippen molar-refractivity contribution in [3.05, 3.63) is 179 Å². The maximum absolute atomic E-state index is 13.1. The molecule has 7 rings (SSSR count). The molecule has 5 aromatic rings. The first kappa shape index (κ1) is 47.5. The number of anilines is 1. The molecule has 0 spiro atoms. The molecule has 0 aromatic heterocycles. The molecule has 0 bridgehead atoms. The molecule has 1 atom stereocenters. The van der Waals surface area contributed by atoms with Gasteiger partial charge in [-0.1, -0.05) is 117 Å². The molecule has 342 valence electrons. The molecule has 2 aliphatic rings. The summed E-state index contributed by atoms with van der Waals surface area (Å²) in [6.07, 6.45) is 11.5. The number of nitrogens with one attached hydrogen (secondary N) is 2. The van der Waals surface area contributed by atoms with E-state index >= 15 is 0 Å². The third-order valence-electron chi connectivity index (χ3n) is 13.0. The van der Waals surface area contributed by atoms with E-state index in [1.165, 1.54) is 10.9 Å². The second-order valence-electron chi connectivity index (χ2n) is 18.2. The lowest BCUT2D eigenvalue weighted by Gasteiger charge is -2.25. The van der Waals surface area contributed by atoms with E-state index in [0.29, 0.717) is 30.5 Å². The molecule has 0 unspecified atom stereocenters. The molecule has 5 aromatic carbocycles. The quantitative estimate of drug-likeness (QED) is 0.0294. The predicted molar refractivity (Wildman–Crippen MR) is 264 cm³/mol. The van der Waals surface area contributed by atoms with Gasteiger partial charge in [-0.25, -0.2) is 8.42 Å². The van der Waals surface area contributed by atoms with Gasteiger partial charge in [-0.3, -0.25) is 14.4 Å². The second kappa shape index (κ2) is 20.0. The van der Waals surface area contributed by atoms with Crippen molar-refractivity contribution in [2.75, 3.05) is 36.8 Å². The van der Waals surface area contributed by atoms with Gasteiger partial charge in [0.2, 0.25) is 17.5 Å². The predicted octanol–water partition coefficient (Wildman–Crippen LogP) is 9.17. The largest absolute Gasteiger partial charge is 0.748 e. The second-order valence-corrected chi connectivity index (χ2v) is 19.7. The Morgan fingerprint density at radius 1 is 0.788 bits per heavy atom. The van der Waals surface area contributed by atoms with Crippen LogP contribution in [0.1, 0.15) is 98.5 Å². The molecule has 0 fully saturated rings. The fourth-order valence-corrected chi connectivity index (χ4v) is 10.1. The lowest BCUT2D eigenvalue weighted by Crippen LogP contribution is -2.37. The van der Waals surface area contributed by atoms with Crippen LogP contribution in [0.3, 0.4) is 0 Å². The van der Waals surface area contributed by atoms with Crippen LogP contribution in [-0.4, -0.2) is 72.8 Å². The number of amides is 2. The van der Waals surface area contributed by atoms with Crippen molar-refractivity contribution >= 4 is 55.6 Å². The highest BCUT2D eigenvalue weighted by atomic mass is 32.2. The lowest BCUT2D eigenvalue weighted by atomic mass is 9.79. The van der Waals surface area contributed by atoms with Crippen LogP contribution in [0.25, 0.3) is 10.8 Å². The van der Waals surface area contributed by atoms with Gasteiger partial charge in [-0.05, 0) is 85.9 Å². The first-order valence-electron chi connectivity index (χ1n) is 22.8. The molecule has 11 heteroatoms. The van der Waals surface area contributed by atoms with Crippen LogP contribution in [0, 0.1) is 0 Å². The fourth-order valence-electron chi connectivity index (χ4n) is 9.50. The van der Waals surface area contributed by atoms with Crippen molar-refractivity contribution in [2.24, 2.45) is 0 Å². The normalized spacial score (nSPS) is 16.3. The Bertz CT molecular complexity index is 2890. The van der Waals surface area contributed by atoms with Crippen LogP contribution >= 0.6 is 0 Å². The summed E-state index contributed by atoms with van der Waals surface area (Å²) in [4.78, 5) is 41.5. The monoisotopic (exact) mass is 904 g/mol. The van der Waals surface area contributed by atoms with Crippen LogP contribution in [0.2, 0.25) is 0 Å². The van der Waals surface area contributed by atoms with Crippen molar-refractivity contribution in [1.29, 1.82) is 0 Å². The topological polar surface area (TPSA) is 139 Å². The van der Waals surface area contributed by atoms with E-state index in [0.717, 1.165) is 51.4 Å². The van der Waals surface area contributed by atoms with Crippen LogP contribution in [0.15, 0.2) is 145 Å². The number of likely N-dealkylation sites (N-methyl/N-ethyl adjacent to an activating group) is 1. The molecule has 2 aliphatic heterocycles. The molecule has 66 heavy (non-hydrogen) atoms. The van der Waals surface area contributed by atoms with Crippen molar-refractivity contribution < 1.29 is 31.9 Å². The molecule has 2 heterocycles. The van der Waals surface area contributed by atoms with Crippen LogP contribution in [0.5, 0.6) is 0 Å². The summed E-state index contributed by atoms with van der Waals surface area (Å²) in [6.45, 7) is 14.7. The van der Waals surface area contributed by atoms with E-state index in [1.807, 2.05) is 42.5 Å². The summed E-state index contributed by atoms with van der Waals surface area (Å²) in [7, 11) is -4.27. The molecular formula is C55H60N4O6S. The number of rotatable bonds is 18. The number of hydrogen-bond acceptors (Lipinski definition) is 7. The number of ketones is 1. The van der Waals surface area contributed by atoms with Gasteiger partial charge in [0.1, 0.15) is 6.54 Å². The van der Waals surface area contributed by atoms with Crippen LogP contribution in [0.4, 0.5) is 11.4 Å². The highest BCUT2D eigenvalue weighted by Gasteiger charge is 2.45. The maximum Gasteiger partial charge on any atom is 0.227 e. The van der Waals surface area contributed by atoms with E-state index in [-0.39, 0.29) is 53.7 Å². The van der Waals surface area contributed by atoms with Gasteiger partial charge >= 0.3 is 0 Å². The van der Waals surface area contributed by atoms with E-state index in [2.05, 4.69) is 121 Å². The number of nitrogens with zero attached hydrogens (tertiary/aromatic N) is 2. The molecule has 2 amide bonds. The van der Waals surface area contributed by atoms with E-state index in [1.54, 1.807) is 37.3 Å². The third kappa shape index (κ3) is 10.3. The minimum atomic E-state index is -4.27. The minimum absolute atomic E-state index is 0.0962. The van der Waals surface area contributed by atoms with Gasteiger partial charge in [0, 0.05) is 77.4 Å². The number of benzene rings is 5.